The zero-order valence-electron chi connectivity index (χ0n) is 19.7. The van der Waals surface area contributed by atoms with Gasteiger partial charge in [-0.1, -0.05) is 54.4 Å². The van der Waals surface area contributed by atoms with Gasteiger partial charge in [0.2, 0.25) is 11.8 Å². The molecule has 0 aliphatic carbocycles. The lowest BCUT2D eigenvalue weighted by Crippen LogP contribution is -2.55. The molecular formula is C27H30Cl2N2O4. The number of rotatable bonds is 8. The third kappa shape index (κ3) is 5.65. The van der Waals surface area contributed by atoms with E-state index in [-0.39, 0.29) is 36.2 Å². The van der Waals surface area contributed by atoms with Crippen LogP contribution in [0.25, 0.3) is 0 Å². The summed E-state index contributed by atoms with van der Waals surface area (Å²) in [5, 5.41) is 10.8. The maximum atomic E-state index is 13.9. The largest absolute Gasteiger partial charge is 0.481 e. The van der Waals surface area contributed by atoms with Gasteiger partial charge in [0, 0.05) is 47.4 Å². The Bertz CT molecular complexity index is 1090. The van der Waals surface area contributed by atoms with E-state index in [1.807, 2.05) is 59.2 Å². The molecule has 1 unspecified atom stereocenters. The van der Waals surface area contributed by atoms with Crippen molar-refractivity contribution in [1.29, 1.82) is 0 Å². The van der Waals surface area contributed by atoms with Crippen LogP contribution in [0.4, 0.5) is 0 Å². The molecule has 35 heavy (non-hydrogen) atoms. The zero-order valence-corrected chi connectivity index (χ0v) is 21.2. The first kappa shape index (κ1) is 25.5. The fourth-order valence-corrected chi connectivity index (χ4v) is 5.86. The molecule has 0 saturated carbocycles. The predicted molar refractivity (Wildman–Crippen MR) is 135 cm³/mol. The first-order chi connectivity index (χ1) is 16.8. The van der Waals surface area contributed by atoms with Crippen LogP contribution in [0.2, 0.25) is 10.0 Å². The van der Waals surface area contributed by atoms with Crippen LogP contribution < -0.4 is 0 Å². The number of likely N-dealkylation sites (tertiary alicyclic amines) is 2. The number of halogens is 2. The van der Waals surface area contributed by atoms with Crippen molar-refractivity contribution < 1.29 is 19.5 Å². The average molecular weight is 517 g/mol. The van der Waals surface area contributed by atoms with E-state index in [4.69, 9.17) is 23.2 Å². The number of aliphatic carboxylic acids is 1. The van der Waals surface area contributed by atoms with Gasteiger partial charge in [-0.15, -0.1) is 0 Å². The number of carbonyl (C=O) groups excluding carboxylic acids is 2. The maximum absolute atomic E-state index is 13.9. The molecule has 0 radical (unpaired) electrons. The van der Waals surface area contributed by atoms with E-state index in [1.54, 1.807) is 6.07 Å². The summed E-state index contributed by atoms with van der Waals surface area (Å²) in [6.07, 6.45) is 2.14. The van der Waals surface area contributed by atoms with Crippen LogP contribution in [0, 0.1) is 5.92 Å². The van der Waals surface area contributed by atoms with Gasteiger partial charge >= 0.3 is 5.97 Å². The molecule has 2 aliphatic heterocycles. The van der Waals surface area contributed by atoms with Gasteiger partial charge in [-0.25, -0.2) is 0 Å². The summed E-state index contributed by atoms with van der Waals surface area (Å²) in [6, 6.07) is 14.4. The molecule has 0 spiro atoms. The minimum absolute atomic E-state index is 0.101. The summed E-state index contributed by atoms with van der Waals surface area (Å²) in [4.78, 5) is 41.7. The Labute approximate surface area is 215 Å². The second-order valence-electron chi connectivity index (χ2n) is 9.44. The Morgan fingerprint density at radius 3 is 2.43 bits per heavy atom. The van der Waals surface area contributed by atoms with Crippen molar-refractivity contribution in [2.75, 3.05) is 13.1 Å². The molecular weight excluding hydrogens is 487 g/mol. The molecule has 2 aromatic rings. The van der Waals surface area contributed by atoms with Crippen LogP contribution in [-0.4, -0.2) is 51.8 Å². The van der Waals surface area contributed by atoms with Crippen LogP contribution in [-0.2, 0) is 14.4 Å². The van der Waals surface area contributed by atoms with Crippen molar-refractivity contribution in [1.82, 2.24) is 9.80 Å². The summed E-state index contributed by atoms with van der Waals surface area (Å²) in [5.74, 6) is -1.90. The fraction of sp³-hybridized carbons (Fsp3) is 0.444. The van der Waals surface area contributed by atoms with Crippen molar-refractivity contribution >= 4 is 41.0 Å². The highest BCUT2D eigenvalue weighted by Crippen LogP contribution is 2.47. The second-order valence-corrected chi connectivity index (χ2v) is 10.3. The van der Waals surface area contributed by atoms with E-state index in [2.05, 4.69) is 0 Å². The number of piperidine rings is 1. The SMILES string of the molecule is CCC(CN1CCCC1=O)N1C(=O)[C@@H](CC(=O)O)C[C@H](c2cccc(Cl)c2)[C@H]1c1ccc(Cl)cc1. The number of carboxylic acid groups (broad SMARTS) is 1. The van der Waals surface area contributed by atoms with E-state index in [0.717, 1.165) is 17.5 Å². The Balaban J connectivity index is 1.82. The minimum Gasteiger partial charge on any atom is -0.481 e. The van der Waals surface area contributed by atoms with E-state index < -0.39 is 11.9 Å². The van der Waals surface area contributed by atoms with E-state index in [0.29, 0.717) is 42.4 Å². The topological polar surface area (TPSA) is 77.9 Å². The summed E-state index contributed by atoms with van der Waals surface area (Å²) < 4.78 is 0. The van der Waals surface area contributed by atoms with Gasteiger partial charge in [0.15, 0.2) is 0 Å². The van der Waals surface area contributed by atoms with Crippen molar-refractivity contribution in [2.24, 2.45) is 5.92 Å². The molecule has 0 aromatic heterocycles. The smallest absolute Gasteiger partial charge is 0.304 e. The summed E-state index contributed by atoms with van der Waals surface area (Å²) in [5.41, 5.74) is 1.88. The van der Waals surface area contributed by atoms with Gasteiger partial charge in [-0.3, -0.25) is 14.4 Å². The number of carbonyl (C=O) groups is 3. The van der Waals surface area contributed by atoms with Crippen LogP contribution in [0.1, 0.15) is 62.1 Å². The Morgan fingerprint density at radius 2 is 1.83 bits per heavy atom. The third-order valence-corrected chi connectivity index (χ3v) is 7.69. The van der Waals surface area contributed by atoms with Gasteiger partial charge in [-0.05, 0) is 54.7 Å². The van der Waals surface area contributed by atoms with Crippen LogP contribution >= 0.6 is 23.2 Å². The number of nitrogens with zero attached hydrogens (tertiary/aromatic N) is 2. The van der Waals surface area contributed by atoms with Crippen molar-refractivity contribution in [2.45, 2.75) is 57.0 Å². The number of hydrogen-bond donors (Lipinski definition) is 1. The molecule has 8 heteroatoms. The molecule has 6 nitrogen and oxygen atoms in total. The first-order valence-electron chi connectivity index (χ1n) is 12.1. The molecule has 2 heterocycles. The molecule has 2 fully saturated rings. The molecule has 0 bridgehead atoms. The van der Waals surface area contributed by atoms with E-state index in [1.165, 1.54) is 0 Å². The standard InChI is InChI=1S/C27H30Cl2N2O4/c1-2-22(16-30-12-4-7-24(30)32)31-26(17-8-10-20(28)11-9-17)23(18-5-3-6-21(29)13-18)14-19(27(31)35)15-25(33)34/h3,5-6,8-11,13,19,22-23,26H,2,4,7,12,14-16H2,1H3,(H,33,34)/t19-,22?,23-,26-/m1/s1. The summed E-state index contributed by atoms with van der Waals surface area (Å²) in [6.45, 7) is 3.12. The van der Waals surface area contributed by atoms with Gasteiger partial charge in [0.25, 0.3) is 0 Å². The summed E-state index contributed by atoms with van der Waals surface area (Å²) in [7, 11) is 0. The van der Waals surface area contributed by atoms with Crippen molar-refractivity contribution in [3.8, 4) is 0 Å². The van der Waals surface area contributed by atoms with Crippen molar-refractivity contribution in [3.05, 3.63) is 69.7 Å². The Morgan fingerprint density at radius 1 is 1.09 bits per heavy atom. The number of hydrogen-bond acceptors (Lipinski definition) is 3. The van der Waals surface area contributed by atoms with Gasteiger partial charge < -0.3 is 14.9 Å². The van der Waals surface area contributed by atoms with Crippen LogP contribution in [0.15, 0.2) is 48.5 Å². The number of carboxylic acids is 1. The lowest BCUT2D eigenvalue weighted by atomic mass is 9.74. The lowest BCUT2D eigenvalue weighted by molar-refractivity contribution is -0.153. The fourth-order valence-electron chi connectivity index (χ4n) is 5.54. The molecule has 2 aromatic carbocycles. The predicted octanol–water partition coefficient (Wildman–Crippen LogP) is 5.54. The first-order valence-corrected chi connectivity index (χ1v) is 12.9. The van der Waals surface area contributed by atoms with Crippen molar-refractivity contribution in [3.63, 3.8) is 0 Å². The minimum atomic E-state index is -0.999. The average Bonchev–Trinajstić information content (AvgIpc) is 3.23. The third-order valence-electron chi connectivity index (χ3n) is 7.20. The van der Waals surface area contributed by atoms with E-state index in [9.17, 15) is 19.5 Å². The van der Waals surface area contributed by atoms with Gasteiger partial charge in [0.05, 0.1) is 12.5 Å². The molecule has 186 valence electrons. The highest BCUT2D eigenvalue weighted by atomic mass is 35.5. The maximum Gasteiger partial charge on any atom is 0.304 e. The quantitative estimate of drug-likeness (QED) is 0.499. The monoisotopic (exact) mass is 516 g/mol. The second kappa shape index (κ2) is 11.0. The number of amides is 2. The molecule has 2 aliphatic rings. The van der Waals surface area contributed by atoms with Crippen LogP contribution in [0.3, 0.4) is 0 Å². The number of benzene rings is 2. The molecule has 4 rings (SSSR count). The molecule has 2 saturated heterocycles. The molecule has 2 amide bonds. The molecule has 4 atom stereocenters. The lowest BCUT2D eigenvalue weighted by Gasteiger charge is -2.49. The van der Waals surface area contributed by atoms with Crippen LogP contribution in [0.5, 0.6) is 0 Å². The normalized spacial score (nSPS) is 23.6. The zero-order chi connectivity index (χ0) is 25.1. The van der Waals surface area contributed by atoms with Gasteiger partial charge in [0.1, 0.15) is 0 Å². The molecule has 1 N–H and O–H groups in total. The van der Waals surface area contributed by atoms with Gasteiger partial charge in [-0.2, -0.15) is 0 Å². The summed E-state index contributed by atoms with van der Waals surface area (Å²) >= 11 is 12.5. The van der Waals surface area contributed by atoms with E-state index >= 15 is 0 Å². The highest BCUT2D eigenvalue weighted by Gasteiger charge is 2.46. The highest BCUT2D eigenvalue weighted by molar-refractivity contribution is 6.30. The Hall–Kier alpha value is -2.57. The Kier molecular flexibility index (Phi) is 8.02.